The van der Waals surface area contributed by atoms with E-state index in [0.29, 0.717) is 27.8 Å². The second-order valence-corrected chi connectivity index (χ2v) is 17.6. The molecule has 0 saturated heterocycles. The minimum atomic E-state index is 0.517. The molecule has 0 amide bonds. The van der Waals surface area contributed by atoms with Crippen LogP contribution in [-0.4, -0.2) is 14.1 Å². The Bertz CT molecular complexity index is 3920. The topological polar surface area (TPSA) is 142 Å². The van der Waals surface area contributed by atoms with Gasteiger partial charge in [-0.25, -0.2) is 0 Å². The van der Waals surface area contributed by atoms with Gasteiger partial charge in [0.15, 0.2) is 0 Å². The van der Waals surface area contributed by atoms with Crippen LogP contribution in [0.2, 0.25) is 0 Å². The molecule has 330 valence electrons. The van der Waals surface area contributed by atoms with Crippen LogP contribution in [0.15, 0.2) is 207 Å². The van der Waals surface area contributed by atoms with Crippen LogP contribution < -0.4 is 0 Å². The summed E-state index contributed by atoms with van der Waals surface area (Å²) in [6, 6.07) is 75.3. The van der Waals surface area contributed by atoms with E-state index in [1.54, 1.807) is 0 Å². The SMILES string of the molecule is N#Cc1ccc(-c2ccc3c(c2)c2cc(-c4ccc(C#N)cc4)ccc2n3-c2cncc(-n3c4ccc(-c5ccc(C#N)cc5)cc4c4cc(-c5ccc(C#N)cc5)ccc43)c2-c2cccc(C#N)c2)cc1. The minimum absolute atomic E-state index is 0.517. The van der Waals surface area contributed by atoms with Crippen molar-refractivity contribution in [2.75, 3.05) is 0 Å². The van der Waals surface area contributed by atoms with E-state index >= 15 is 0 Å². The summed E-state index contributed by atoms with van der Waals surface area (Å²) in [6.07, 6.45) is 3.80. The van der Waals surface area contributed by atoms with Gasteiger partial charge in [-0.1, -0.05) is 84.9 Å². The molecule has 9 aromatic carbocycles. The van der Waals surface area contributed by atoms with Crippen LogP contribution in [0.5, 0.6) is 0 Å². The number of hydrogen-bond donors (Lipinski definition) is 0. The fraction of sp³-hybridized carbons (Fsp3) is 0. The average molecular weight is 915 g/mol. The molecular weight excluding hydrogens is 881 g/mol. The second-order valence-electron chi connectivity index (χ2n) is 17.6. The van der Waals surface area contributed by atoms with E-state index in [2.05, 4.69) is 112 Å². The molecule has 0 bridgehead atoms. The maximum atomic E-state index is 10.3. The molecule has 3 heterocycles. The third-order valence-electron chi connectivity index (χ3n) is 13.6. The lowest BCUT2D eigenvalue weighted by Crippen LogP contribution is -2.05. The number of hydrogen-bond acceptors (Lipinski definition) is 6. The fourth-order valence-corrected chi connectivity index (χ4v) is 10.1. The highest BCUT2D eigenvalue weighted by Crippen LogP contribution is 2.44. The number of rotatable bonds is 7. The number of aromatic nitrogens is 3. The van der Waals surface area contributed by atoms with E-state index in [1.165, 1.54) is 0 Å². The van der Waals surface area contributed by atoms with Gasteiger partial charge >= 0.3 is 0 Å². The molecule has 12 aromatic rings. The monoisotopic (exact) mass is 914 g/mol. The number of nitrogens with zero attached hydrogens (tertiary/aromatic N) is 8. The molecule has 8 heteroatoms. The molecule has 0 aliphatic rings. The summed E-state index contributed by atoms with van der Waals surface area (Å²) in [5.74, 6) is 0. The lowest BCUT2D eigenvalue weighted by molar-refractivity contribution is 1.09. The van der Waals surface area contributed by atoms with Gasteiger partial charge in [-0.15, -0.1) is 0 Å². The zero-order valence-corrected chi connectivity index (χ0v) is 38.2. The summed E-state index contributed by atoms with van der Waals surface area (Å²) in [4.78, 5) is 5.07. The van der Waals surface area contributed by atoms with Crippen LogP contribution >= 0.6 is 0 Å². The van der Waals surface area contributed by atoms with Crippen LogP contribution in [-0.2, 0) is 0 Å². The van der Waals surface area contributed by atoms with Crippen LogP contribution in [0.25, 0.3) is 111 Å². The summed E-state index contributed by atoms with van der Waals surface area (Å²) >= 11 is 0. The Morgan fingerprint density at radius 2 is 0.569 bits per heavy atom. The standard InChI is InChI=1S/C64H34N8/c65-33-40-4-12-45(13-5-40)49-20-24-58-54(29-49)55-30-50(46-14-6-41(34-66)7-15-46)21-25-59(55)71(58)62-38-70-39-63(64(62)53-3-1-2-44(28-53)37-69)72-60-26-22-51(47-16-8-42(35-67)9-17-47)31-56(60)57-32-52(23-27-61(57)72)48-18-10-43(36-68)11-19-48/h1-32,38-39H. The minimum Gasteiger partial charge on any atom is -0.307 e. The van der Waals surface area contributed by atoms with E-state index in [0.717, 1.165) is 111 Å². The van der Waals surface area contributed by atoms with E-state index in [1.807, 2.05) is 134 Å². The number of nitriles is 5. The van der Waals surface area contributed by atoms with Gasteiger partial charge in [-0.3, -0.25) is 4.98 Å². The van der Waals surface area contributed by atoms with Crippen molar-refractivity contribution < 1.29 is 0 Å². The zero-order valence-electron chi connectivity index (χ0n) is 38.2. The van der Waals surface area contributed by atoms with Crippen molar-refractivity contribution in [2.45, 2.75) is 0 Å². The van der Waals surface area contributed by atoms with Gasteiger partial charge in [-0.05, 0) is 159 Å². The van der Waals surface area contributed by atoms with Gasteiger partial charge in [0.2, 0.25) is 0 Å². The van der Waals surface area contributed by atoms with Crippen LogP contribution in [0.1, 0.15) is 27.8 Å². The van der Waals surface area contributed by atoms with Gasteiger partial charge in [0.25, 0.3) is 0 Å². The smallest absolute Gasteiger partial charge is 0.0991 e. The molecule has 0 N–H and O–H groups in total. The summed E-state index contributed by atoms with van der Waals surface area (Å²) in [7, 11) is 0. The Kier molecular flexibility index (Phi) is 10.3. The molecule has 0 fully saturated rings. The molecule has 3 aromatic heterocycles. The predicted octanol–water partition coefficient (Wildman–Crippen LogP) is 15.0. The molecule has 0 aliphatic carbocycles. The largest absolute Gasteiger partial charge is 0.307 e. The molecule has 0 unspecified atom stereocenters. The molecule has 8 nitrogen and oxygen atoms in total. The summed E-state index contributed by atoms with van der Waals surface area (Å²) in [5, 5.41) is 52.6. The quantitative estimate of drug-likeness (QED) is 0.156. The van der Waals surface area contributed by atoms with Gasteiger partial charge < -0.3 is 9.13 Å². The fourth-order valence-electron chi connectivity index (χ4n) is 10.1. The summed E-state index contributed by atoms with van der Waals surface area (Å²) < 4.78 is 4.53. The van der Waals surface area contributed by atoms with Crippen molar-refractivity contribution in [1.29, 1.82) is 26.3 Å². The summed E-state index contributed by atoms with van der Waals surface area (Å²) in [5.41, 5.74) is 17.8. The Balaban J connectivity index is 1.15. The molecule has 0 saturated carbocycles. The first-order valence-electron chi connectivity index (χ1n) is 23.1. The average Bonchev–Trinajstić information content (AvgIpc) is 3.96. The van der Waals surface area contributed by atoms with Crippen molar-refractivity contribution in [3.8, 4) is 97.4 Å². The van der Waals surface area contributed by atoms with Gasteiger partial charge in [0, 0.05) is 27.1 Å². The first-order chi connectivity index (χ1) is 35.4. The predicted molar refractivity (Wildman–Crippen MR) is 284 cm³/mol. The van der Waals surface area contributed by atoms with Crippen LogP contribution in [0.4, 0.5) is 0 Å². The zero-order chi connectivity index (χ0) is 48.9. The lowest BCUT2D eigenvalue weighted by atomic mass is 9.99. The van der Waals surface area contributed by atoms with E-state index < -0.39 is 0 Å². The van der Waals surface area contributed by atoms with Crippen molar-refractivity contribution in [3.63, 3.8) is 0 Å². The van der Waals surface area contributed by atoms with Gasteiger partial charge in [0.05, 0.1) is 104 Å². The van der Waals surface area contributed by atoms with Gasteiger partial charge in [-0.2, -0.15) is 26.3 Å². The molecule has 0 atom stereocenters. The van der Waals surface area contributed by atoms with Crippen molar-refractivity contribution in [1.82, 2.24) is 14.1 Å². The highest BCUT2D eigenvalue weighted by molar-refractivity contribution is 6.14. The number of fused-ring (bicyclic) bond motifs is 6. The molecule has 72 heavy (non-hydrogen) atoms. The molecular formula is C64H34N8. The molecule has 0 aliphatic heterocycles. The molecule has 12 rings (SSSR count). The van der Waals surface area contributed by atoms with Crippen molar-refractivity contribution in [3.05, 3.63) is 234 Å². The summed E-state index contributed by atoms with van der Waals surface area (Å²) in [6.45, 7) is 0. The van der Waals surface area contributed by atoms with E-state index in [9.17, 15) is 26.3 Å². The molecule has 0 radical (unpaired) electrons. The first kappa shape index (κ1) is 42.5. The van der Waals surface area contributed by atoms with Crippen molar-refractivity contribution in [2.24, 2.45) is 0 Å². The Labute approximate surface area is 413 Å². The van der Waals surface area contributed by atoms with E-state index in [-0.39, 0.29) is 0 Å². The van der Waals surface area contributed by atoms with Crippen LogP contribution in [0.3, 0.4) is 0 Å². The lowest BCUT2D eigenvalue weighted by Gasteiger charge is -2.20. The van der Waals surface area contributed by atoms with E-state index in [4.69, 9.17) is 4.98 Å². The Morgan fingerprint density at radius 3 is 0.861 bits per heavy atom. The maximum absolute atomic E-state index is 10.3. The highest BCUT2D eigenvalue weighted by atomic mass is 15.0. The van der Waals surface area contributed by atoms with Gasteiger partial charge in [0.1, 0.15) is 0 Å². The Hall–Kier alpha value is -10.8. The van der Waals surface area contributed by atoms with Crippen LogP contribution in [0, 0.1) is 56.7 Å². The first-order valence-corrected chi connectivity index (χ1v) is 23.1. The third-order valence-corrected chi connectivity index (χ3v) is 13.6. The number of benzene rings is 9. The Morgan fingerprint density at radius 1 is 0.278 bits per heavy atom. The highest BCUT2D eigenvalue weighted by Gasteiger charge is 2.24. The maximum Gasteiger partial charge on any atom is 0.0991 e. The van der Waals surface area contributed by atoms with Crippen molar-refractivity contribution >= 4 is 43.6 Å². The second kappa shape index (κ2) is 17.4. The number of pyridine rings is 1. The molecule has 0 spiro atoms. The third kappa shape index (κ3) is 7.17. The normalized spacial score (nSPS) is 11.0.